The Morgan fingerprint density at radius 2 is 2.07 bits per heavy atom. The molecule has 1 fully saturated rings. The molecule has 1 aromatic carbocycles. The highest BCUT2D eigenvalue weighted by Crippen LogP contribution is 2.41. The first-order valence-electron chi connectivity index (χ1n) is 9.83. The minimum Gasteiger partial charge on any atom is -0.497 e. The summed E-state index contributed by atoms with van der Waals surface area (Å²) in [5.41, 5.74) is 4.38. The fourth-order valence-electron chi connectivity index (χ4n) is 4.80. The van der Waals surface area contributed by atoms with Gasteiger partial charge in [0.2, 0.25) is 0 Å². The lowest BCUT2D eigenvalue weighted by atomic mass is 9.79. The van der Waals surface area contributed by atoms with Crippen molar-refractivity contribution >= 4 is 16.8 Å². The number of piperidine rings is 1. The van der Waals surface area contributed by atoms with Gasteiger partial charge in [-0.05, 0) is 49.1 Å². The van der Waals surface area contributed by atoms with Crippen LogP contribution in [0.5, 0.6) is 5.75 Å². The number of carbonyl (C=O) groups is 1. The molecule has 0 saturated carbocycles. The van der Waals surface area contributed by atoms with Crippen LogP contribution in [0.1, 0.15) is 34.6 Å². The Morgan fingerprint density at radius 3 is 2.79 bits per heavy atom. The summed E-state index contributed by atoms with van der Waals surface area (Å²) in [6.07, 6.45) is 4.47. The average molecular weight is 379 g/mol. The molecule has 0 radical (unpaired) electrons. The Labute approximate surface area is 163 Å². The molecule has 7 nitrogen and oxygen atoms in total. The van der Waals surface area contributed by atoms with Crippen molar-refractivity contribution in [3.63, 3.8) is 0 Å². The van der Waals surface area contributed by atoms with Crippen molar-refractivity contribution in [1.29, 1.82) is 0 Å². The largest absolute Gasteiger partial charge is 0.497 e. The van der Waals surface area contributed by atoms with Crippen LogP contribution < -0.4 is 10.1 Å². The Morgan fingerprint density at radius 1 is 1.25 bits per heavy atom. The zero-order valence-electron chi connectivity index (χ0n) is 16.3. The maximum absolute atomic E-state index is 12.8. The molecule has 2 aliphatic heterocycles. The minimum absolute atomic E-state index is 0.0623. The number of carbonyl (C=O) groups excluding carboxylic acids is 1. The number of H-pyrrole nitrogens is 1. The summed E-state index contributed by atoms with van der Waals surface area (Å²) in [6.45, 7) is 2.41. The number of methoxy groups -OCH3 is 1. The molecule has 0 unspecified atom stereocenters. The number of aryl methyl sites for hydroxylation is 1. The third kappa shape index (κ3) is 2.53. The molecule has 3 aromatic rings. The lowest BCUT2D eigenvalue weighted by Gasteiger charge is -2.44. The zero-order chi connectivity index (χ0) is 19.3. The number of fused-ring (bicyclic) bond motifs is 4. The Kier molecular flexibility index (Phi) is 3.94. The molecule has 0 bridgehead atoms. The van der Waals surface area contributed by atoms with Crippen molar-refractivity contribution in [2.45, 2.75) is 24.8 Å². The van der Waals surface area contributed by atoms with Crippen molar-refractivity contribution in [2.75, 3.05) is 26.7 Å². The second-order valence-electron chi connectivity index (χ2n) is 7.78. The third-order valence-corrected chi connectivity index (χ3v) is 6.37. The highest BCUT2D eigenvalue weighted by atomic mass is 16.5. The Bertz CT molecular complexity index is 1040. The molecule has 28 heavy (non-hydrogen) atoms. The van der Waals surface area contributed by atoms with Crippen LogP contribution in [0.15, 0.2) is 30.5 Å². The van der Waals surface area contributed by atoms with Gasteiger partial charge in [-0.1, -0.05) is 0 Å². The van der Waals surface area contributed by atoms with E-state index >= 15 is 0 Å². The van der Waals surface area contributed by atoms with Gasteiger partial charge in [-0.3, -0.25) is 9.48 Å². The number of aromatic amines is 1. The zero-order valence-corrected chi connectivity index (χ0v) is 16.3. The fourth-order valence-corrected chi connectivity index (χ4v) is 4.80. The highest BCUT2D eigenvalue weighted by Gasteiger charge is 2.42. The summed E-state index contributed by atoms with van der Waals surface area (Å²) in [5, 5.41) is 9.15. The minimum atomic E-state index is -0.0942. The van der Waals surface area contributed by atoms with Gasteiger partial charge in [-0.25, -0.2) is 0 Å². The molecule has 5 rings (SSSR count). The molecule has 0 aliphatic carbocycles. The third-order valence-electron chi connectivity index (χ3n) is 6.37. The van der Waals surface area contributed by atoms with Crippen LogP contribution in [0, 0.1) is 0 Å². The maximum atomic E-state index is 12.8. The summed E-state index contributed by atoms with van der Waals surface area (Å²) < 4.78 is 7.07. The lowest BCUT2D eigenvalue weighted by molar-refractivity contribution is 0.0616. The smallest absolute Gasteiger partial charge is 0.272 e. The van der Waals surface area contributed by atoms with E-state index in [-0.39, 0.29) is 11.4 Å². The van der Waals surface area contributed by atoms with Gasteiger partial charge >= 0.3 is 0 Å². The first-order valence-corrected chi connectivity index (χ1v) is 9.83. The number of hydrogen-bond acceptors (Lipinski definition) is 4. The van der Waals surface area contributed by atoms with E-state index in [1.807, 2.05) is 18.0 Å². The normalized spacial score (nSPS) is 18.4. The predicted molar refractivity (Wildman–Crippen MR) is 107 cm³/mol. The SMILES string of the molecule is COc1ccc2[nH]c3c(c2c1)CCNC31CCN(C(=O)c2ccnn2C)CC1. The van der Waals surface area contributed by atoms with Crippen LogP contribution >= 0.6 is 0 Å². The number of rotatable bonds is 2. The molecule has 146 valence electrons. The number of likely N-dealkylation sites (tertiary alicyclic amines) is 1. The van der Waals surface area contributed by atoms with Gasteiger partial charge in [0.1, 0.15) is 11.4 Å². The van der Waals surface area contributed by atoms with Gasteiger partial charge in [0.25, 0.3) is 5.91 Å². The molecule has 0 atom stereocenters. The Hall–Kier alpha value is -2.80. The van der Waals surface area contributed by atoms with Crippen LogP contribution in [0.2, 0.25) is 0 Å². The molecule has 1 spiro atoms. The molecule has 1 amide bonds. The van der Waals surface area contributed by atoms with Crippen LogP contribution in [-0.4, -0.2) is 52.3 Å². The summed E-state index contributed by atoms with van der Waals surface area (Å²) in [5.74, 6) is 0.950. The average Bonchev–Trinajstić information content (AvgIpc) is 3.32. The van der Waals surface area contributed by atoms with E-state index in [0.29, 0.717) is 5.69 Å². The van der Waals surface area contributed by atoms with Crippen molar-refractivity contribution in [1.82, 2.24) is 25.0 Å². The molecular weight excluding hydrogens is 354 g/mol. The van der Waals surface area contributed by atoms with Crippen LogP contribution in [-0.2, 0) is 19.0 Å². The summed E-state index contributed by atoms with van der Waals surface area (Å²) in [6, 6.07) is 8.01. The van der Waals surface area contributed by atoms with E-state index in [2.05, 4.69) is 27.5 Å². The van der Waals surface area contributed by atoms with Crippen LogP contribution in [0.25, 0.3) is 10.9 Å². The molecule has 2 N–H and O–H groups in total. The number of nitrogens with zero attached hydrogens (tertiary/aromatic N) is 3. The van der Waals surface area contributed by atoms with Crippen molar-refractivity contribution in [3.8, 4) is 5.75 Å². The van der Waals surface area contributed by atoms with E-state index in [9.17, 15) is 4.79 Å². The number of hydrogen-bond donors (Lipinski definition) is 2. The van der Waals surface area contributed by atoms with E-state index in [1.165, 1.54) is 16.6 Å². The quantitative estimate of drug-likeness (QED) is 0.716. The van der Waals surface area contributed by atoms with Crippen molar-refractivity contribution < 1.29 is 9.53 Å². The topological polar surface area (TPSA) is 75.2 Å². The monoisotopic (exact) mass is 379 g/mol. The number of ether oxygens (including phenoxy) is 1. The predicted octanol–water partition coefficient (Wildman–Crippen LogP) is 2.19. The molecule has 7 heteroatoms. The number of amides is 1. The van der Waals surface area contributed by atoms with Crippen molar-refractivity contribution in [2.24, 2.45) is 7.05 Å². The standard InChI is InChI=1S/C21H25N5O2/c1-25-18(6-10-23-25)20(27)26-11-7-21(8-12-26)19-15(5-9-22-21)16-13-14(28-2)3-4-17(16)24-19/h3-4,6,10,13,22,24H,5,7-9,11-12H2,1-2H3. The van der Waals surface area contributed by atoms with Crippen LogP contribution in [0.4, 0.5) is 0 Å². The van der Waals surface area contributed by atoms with Gasteiger partial charge in [0.05, 0.1) is 12.6 Å². The molecular formula is C21H25N5O2. The first kappa shape index (κ1) is 17.3. The van der Waals surface area contributed by atoms with E-state index in [1.54, 1.807) is 24.1 Å². The van der Waals surface area contributed by atoms with Gasteiger partial charge in [-0.15, -0.1) is 0 Å². The molecule has 1 saturated heterocycles. The van der Waals surface area contributed by atoms with E-state index < -0.39 is 0 Å². The second kappa shape index (κ2) is 6.38. The summed E-state index contributed by atoms with van der Waals surface area (Å²) in [4.78, 5) is 18.5. The maximum Gasteiger partial charge on any atom is 0.272 e. The van der Waals surface area contributed by atoms with Crippen LogP contribution in [0.3, 0.4) is 0 Å². The van der Waals surface area contributed by atoms with Gasteiger partial charge in [0, 0.05) is 49.5 Å². The lowest BCUT2D eigenvalue weighted by Crippen LogP contribution is -2.55. The molecule has 2 aromatic heterocycles. The second-order valence-corrected chi connectivity index (χ2v) is 7.78. The van der Waals surface area contributed by atoms with Crippen molar-refractivity contribution in [3.05, 3.63) is 47.4 Å². The number of nitrogens with one attached hydrogen (secondary N) is 2. The summed E-state index contributed by atoms with van der Waals surface area (Å²) in [7, 11) is 3.52. The van der Waals surface area contributed by atoms with E-state index in [0.717, 1.165) is 50.2 Å². The Balaban J connectivity index is 1.44. The van der Waals surface area contributed by atoms with E-state index in [4.69, 9.17) is 4.74 Å². The summed E-state index contributed by atoms with van der Waals surface area (Å²) >= 11 is 0. The van der Waals surface area contributed by atoms with Gasteiger partial charge in [0.15, 0.2) is 0 Å². The number of aromatic nitrogens is 3. The molecule has 2 aliphatic rings. The number of benzene rings is 1. The van der Waals surface area contributed by atoms with Gasteiger partial charge < -0.3 is 19.9 Å². The van der Waals surface area contributed by atoms with Gasteiger partial charge in [-0.2, -0.15) is 5.10 Å². The first-order chi connectivity index (χ1) is 13.6. The molecule has 4 heterocycles. The highest BCUT2D eigenvalue weighted by molar-refractivity contribution is 5.92. The fraction of sp³-hybridized carbons (Fsp3) is 0.429.